The average Bonchev–Trinajstić information content (AvgIpc) is 3.29. The summed E-state index contributed by atoms with van der Waals surface area (Å²) < 4.78 is 13.3. The van der Waals surface area contributed by atoms with Gasteiger partial charge in [-0.25, -0.2) is 0 Å². The zero-order valence-electron chi connectivity index (χ0n) is 13.4. The number of carbonyl (C=O) groups is 1. The normalized spacial score (nSPS) is 15.6. The molecule has 1 N–H and O–H groups in total. The molecule has 0 spiro atoms. The molecule has 3 aromatic rings. The van der Waals surface area contributed by atoms with Gasteiger partial charge in [0.25, 0.3) is 5.56 Å². The average molecular weight is 357 g/mol. The molecule has 0 unspecified atom stereocenters. The van der Waals surface area contributed by atoms with Crippen LogP contribution in [0.25, 0.3) is 12.2 Å². The topological polar surface area (TPSA) is 90.1 Å². The maximum absolute atomic E-state index is 12.2. The Kier molecular flexibility index (Phi) is 3.98. The molecule has 8 heteroatoms. The van der Waals surface area contributed by atoms with E-state index in [1.165, 1.54) is 23.7 Å². The van der Waals surface area contributed by atoms with Gasteiger partial charge in [0.05, 0.1) is 40.1 Å². The van der Waals surface area contributed by atoms with Gasteiger partial charge in [0, 0.05) is 25.1 Å². The van der Waals surface area contributed by atoms with Crippen molar-refractivity contribution in [3.05, 3.63) is 60.7 Å². The number of thiazole rings is 1. The van der Waals surface area contributed by atoms with Gasteiger partial charge in [0.15, 0.2) is 5.76 Å². The van der Waals surface area contributed by atoms with Crippen LogP contribution in [0, 0.1) is 0 Å². The summed E-state index contributed by atoms with van der Waals surface area (Å²) in [5.41, 5.74) is 2.63. The molecule has 4 rings (SSSR count). The fourth-order valence-corrected chi connectivity index (χ4v) is 3.64. The number of H-pyrrole nitrogens is 1. The molecule has 0 saturated carbocycles. The van der Waals surface area contributed by atoms with Crippen molar-refractivity contribution < 1.29 is 13.9 Å². The fourth-order valence-electron chi connectivity index (χ4n) is 2.78. The third-order valence-electron chi connectivity index (χ3n) is 3.98. The highest BCUT2D eigenvalue weighted by molar-refractivity contribution is 7.07. The summed E-state index contributed by atoms with van der Waals surface area (Å²) in [6, 6.07) is 3.23. The first kappa shape index (κ1) is 15.8. The van der Waals surface area contributed by atoms with Crippen LogP contribution >= 0.6 is 11.3 Å². The Labute approximate surface area is 145 Å². The molecule has 7 nitrogen and oxygen atoms in total. The summed E-state index contributed by atoms with van der Waals surface area (Å²) in [6.07, 6.45) is 5.36. The second-order valence-electron chi connectivity index (χ2n) is 5.65. The van der Waals surface area contributed by atoms with Gasteiger partial charge < -0.3 is 14.1 Å². The van der Waals surface area contributed by atoms with Crippen LogP contribution in [0.5, 0.6) is 0 Å². The number of aromatic nitrogens is 3. The molecule has 1 aliphatic rings. The number of aryl methyl sites for hydroxylation is 1. The number of carbonyl (C=O) groups excluding carboxylic acids is 1. The Bertz CT molecular complexity index is 1100. The molecule has 3 aromatic heterocycles. The molecule has 25 heavy (non-hydrogen) atoms. The Morgan fingerprint density at radius 3 is 3.16 bits per heavy atom. The van der Waals surface area contributed by atoms with Crippen LogP contribution in [0.3, 0.4) is 0 Å². The number of hydrogen-bond donors (Lipinski definition) is 1. The summed E-state index contributed by atoms with van der Waals surface area (Å²) in [6.45, 7) is 1.16. The minimum absolute atomic E-state index is 0.234. The van der Waals surface area contributed by atoms with Crippen LogP contribution in [0.1, 0.15) is 27.5 Å². The predicted octanol–water partition coefficient (Wildman–Crippen LogP) is 0.328. The number of nitrogens with one attached hydrogen (secondary N) is 1. The van der Waals surface area contributed by atoms with Crippen molar-refractivity contribution in [2.24, 2.45) is 7.05 Å². The summed E-state index contributed by atoms with van der Waals surface area (Å²) in [4.78, 5) is 27.0. The molecule has 0 aromatic carbocycles. The number of ketones is 1. The first-order chi connectivity index (χ1) is 12.1. The van der Waals surface area contributed by atoms with Crippen LogP contribution in [0.4, 0.5) is 0 Å². The third-order valence-corrected chi connectivity index (χ3v) is 4.94. The maximum atomic E-state index is 12.2. The Balaban J connectivity index is 1.77. The first-order valence-corrected chi connectivity index (χ1v) is 8.56. The van der Waals surface area contributed by atoms with Crippen LogP contribution in [-0.4, -0.2) is 27.2 Å². The lowest BCUT2D eigenvalue weighted by molar-refractivity contribution is 0.103. The van der Waals surface area contributed by atoms with Crippen molar-refractivity contribution in [2.45, 2.75) is 13.0 Å². The van der Waals surface area contributed by atoms with Crippen LogP contribution in [0.15, 0.2) is 27.6 Å². The van der Waals surface area contributed by atoms with E-state index < -0.39 is 0 Å². The number of rotatable bonds is 3. The fraction of sp³-hybridized carbons (Fsp3) is 0.235. The Hall–Kier alpha value is -2.71. The third kappa shape index (κ3) is 3.01. The Morgan fingerprint density at radius 2 is 2.36 bits per heavy atom. The van der Waals surface area contributed by atoms with Crippen molar-refractivity contribution >= 4 is 29.3 Å². The lowest BCUT2D eigenvalue weighted by Gasteiger charge is -2.10. The van der Waals surface area contributed by atoms with E-state index in [1.807, 2.05) is 7.05 Å². The summed E-state index contributed by atoms with van der Waals surface area (Å²) in [5.74, 6) is -0.0574. The van der Waals surface area contributed by atoms with E-state index in [1.54, 1.807) is 22.9 Å². The summed E-state index contributed by atoms with van der Waals surface area (Å²) >= 11 is 1.22. The first-order valence-electron chi connectivity index (χ1n) is 7.75. The predicted molar refractivity (Wildman–Crippen MR) is 91.8 cm³/mol. The molecule has 0 saturated heterocycles. The van der Waals surface area contributed by atoms with Crippen molar-refractivity contribution in [3.8, 4) is 0 Å². The minimum Gasteiger partial charge on any atom is -0.461 e. The second-order valence-corrected chi connectivity index (χ2v) is 6.74. The maximum Gasteiger partial charge on any atom is 0.266 e. The van der Waals surface area contributed by atoms with Crippen LogP contribution < -0.4 is 14.8 Å². The molecule has 0 aliphatic carbocycles. The minimum atomic E-state index is -0.291. The van der Waals surface area contributed by atoms with Crippen molar-refractivity contribution in [1.82, 2.24) is 14.8 Å². The van der Waals surface area contributed by atoms with E-state index in [0.29, 0.717) is 22.4 Å². The van der Waals surface area contributed by atoms with E-state index in [2.05, 4.69) is 10.1 Å². The summed E-state index contributed by atoms with van der Waals surface area (Å²) in [7, 11) is 1.85. The molecule has 0 bridgehead atoms. The van der Waals surface area contributed by atoms with Gasteiger partial charge in [0.1, 0.15) is 0 Å². The van der Waals surface area contributed by atoms with E-state index in [4.69, 9.17) is 9.15 Å². The molecule has 128 valence electrons. The summed E-state index contributed by atoms with van der Waals surface area (Å²) in [5, 5.41) is 4.49. The molecule has 1 aliphatic heterocycles. The number of furan rings is 1. The van der Waals surface area contributed by atoms with Crippen LogP contribution in [-0.2, 0) is 24.8 Å². The zero-order valence-corrected chi connectivity index (χ0v) is 14.3. The molecular weight excluding hydrogens is 342 g/mol. The highest BCUT2D eigenvalue weighted by Crippen LogP contribution is 2.20. The van der Waals surface area contributed by atoms with Gasteiger partial charge >= 0.3 is 0 Å². The van der Waals surface area contributed by atoms with Crippen molar-refractivity contribution in [2.75, 3.05) is 6.61 Å². The largest absolute Gasteiger partial charge is 0.461 e. The number of Topliss-reactive ketones (excluding diaryl/α,β-unsaturated/α-hetero) is 1. The standard InChI is InChI=1S/C17H15N3O4S/c1-20-12(10-9-23-6-4-11(10)19-20)7-15-17(22)18-16(25-15)8-13(21)14-3-2-5-24-14/h2-3,5,7-8H,4,6,9H2,1H3,(H,18,22)/b15-7-,16-8+. The lowest BCUT2D eigenvalue weighted by Crippen LogP contribution is -2.20. The number of aromatic amines is 1. The van der Waals surface area contributed by atoms with Gasteiger partial charge in [-0.05, 0) is 18.2 Å². The van der Waals surface area contributed by atoms with Crippen molar-refractivity contribution in [1.29, 1.82) is 0 Å². The van der Waals surface area contributed by atoms with Gasteiger partial charge in [-0.15, -0.1) is 11.3 Å². The van der Waals surface area contributed by atoms with Gasteiger partial charge in [-0.1, -0.05) is 0 Å². The highest BCUT2D eigenvalue weighted by Gasteiger charge is 2.18. The van der Waals surface area contributed by atoms with Gasteiger partial charge in [0.2, 0.25) is 5.78 Å². The molecule has 0 amide bonds. The molecule has 0 fully saturated rings. The number of nitrogens with zero attached hydrogens (tertiary/aromatic N) is 2. The molecule has 0 radical (unpaired) electrons. The van der Waals surface area contributed by atoms with Crippen LogP contribution in [0.2, 0.25) is 0 Å². The van der Waals surface area contributed by atoms with E-state index in [-0.39, 0.29) is 17.1 Å². The molecule has 4 heterocycles. The lowest BCUT2D eigenvalue weighted by atomic mass is 10.1. The number of fused-ring (bicyclic) bond motifs is 1. The smallest absolute Gasteiger partial charge is 0.266 e. The molecular formula is C17H15N3O4S. The quantitative estimate of drug-likeness (QED) is 0.682. The number of ether oxygens (including phenoxy) is 1. The van der Waals surface area contributed by atoms with Gasteiger partial charge in [-0.2, -0.15) is 5.10 Å². The monoisotopic (exact) mass is 357 g/mol. The van der Waals surface area contributed by atoms with E-state index in [9.17, 15) is 9.59 Å². The van der Waals surface area contributed by atoms with Gasteiger partial charge in [-0.3, -0.25) is 14.3 Å². The van der Waals surface area contributed by atoms with E-state index >= 15 is 0 Å². The highest BCUT2D eigenvalue weighted by atomic mass is 32.1. The van der Waals surface area contributed by atoms with Crippen molar-refractivity contribution in [3.63, 3.8) is 0 Å². The zero-order chi connectivity index (χ0) is 17.4. The molecule has 0 atom stereocenters. The SMILES string of the molecule is Cn1nc2c(c1/C=c1\s/c(=C/C(=O)c3ccco3)[nH]c1=O)COCC2. The second kappa shape index (κ2) is 6.30. The Morgan fingerprint density at radius 1 is 1.48 bits per heavy atom. The van der Waals surface area contributed by atoms with E-state index in [0.717, 1.165) is 23.4 Å². The number of hydrogen-bond acceptors (Lipinski definition) is 6.